The van der Waals surface area contributed by atoms with Crippen LogP contribution in [0.25, 0.3) is 10.2 Å². The molecule has 0 N–H and O–H groups in total. The standard InChI is InChI=1S/C22H24N2O5S/c1-5-28-16-8-6-15(7-9-16)17(25)10-24-12-23-20-18(21(24)26)14(4)19(30-20)22(27)29-11-13(2)3/h6-9,12-13H,5,10-11H2,1-4H3. The van der Waals surface area contributed by atoms with Crippen LogP contribution in [0.4, 0.5) is 0 Å². The van der Waals surface area contributed by atoms with Gasteiger partial charge in [-0.15, -0.1) is 11.3 Å². The van der Waals surface area contributed by atoms with Crippen molar-refractivity contribution in [2.24, 2.45) is 5.92 Å². The molecule has 3 rings (SSSR count). The van der Waals surface area contributed by atoms with E-state index in [4.69, 9.17) is 9.47 Å². The molecule has 7 nitrogen and oxygen atoms in total. The van der Waals surface area contributed by atoms with Crippen molar-refractivity contribution >= 4 is 33.3 Å². The monoisotopic (exact) mass is 428 g/mol. The number of rotatable bonds is 8. The number of benzene rings is 1. The molecule has 0 radical (unpaired) electrons. The first-order valence-electron chi connectivity index (χ1n) is 9.73. The zero-order valence-corrected chi connectivity index (χ0v) is 18.2. The second kappa shape index (κ2) is 9.21. The van der Waals surface area contributed by atoms with E-state index in [1.165, 1.54) is 10.9 Å². The molecular weight excluding hydrogens is 404 g/mol. The molecule has 2 heterocycles. The van der Waals surface area contributed by atoms with E-state index in [9.17, 15) is 14.4 Å². The van der Waals surface area contributed by atoms with Gasteiger partial charge in [-0.1, -0.05) is 13.8 Å². The van der Waals surface area contributed by atoms with E-state index in [-0.39, 0.29) is 23.8 Å². The molecule has 1 aromatic carbocycles. The normalized spacial score (nSPS) is 11.1. The van der Waals surface area contributed by atoms with Gasteiger partial charge in [-0.2, -0.15) is 0 Å². The second-order valence-electron chi connectivity index (χ2n) is 7.29. The van der Waals surface area contributed by atoms with Crippen LogP contribution < -0.4 is 10.3 Å². The number of ether oxygens (including phenoxy) is 2. The minimum absolute atomic E-state index is 0.141. The SMILES string of the molecule is CCOc1ccc(C(=O)Cn2cnc3sc(C(=O)OCC(C)C)c(C)c3c2=O)cc1. The van der Waals surface area contributed by atoms with Crippen molar-refractivity contribution in [2.45, 2.75) is 34.2 Å². The Hall–Kier alpha value is -3.00. The Bertz CT molecular complexity index is 1130. The van der Waals surface area contributed by atoms with Crippen LogP contribution in [-0.2, 0) is 11.3 Å². The van der Waals surface area contributed by atoms with Crippen LogP contribution in [0.1, 0.15) is 46.4 Å². The lowest BCUT2D eigenvalue weighted by molar-refractivity contribution is 0.0464. The van der Waals surface area contributed by atoms with Crippen LogP contribution >= 0.6 is 11.3 Å². The maximum atomic E-state index is 13.0. The molecule has 30 heavy (non-hydrogen) atoms. The summed E-state index contributed by atoms with van der Waals surface area (Å²) in [5.41, 5.74) is 0.658. The minimum atomic E-state index is -0.458. The molecule has 0 amide bonds. The molecule has 0 saturated carbocycles. The van der Waals surface area contributed by atoms with Gasteiger partial charge in [0, 0.05) is 5.56 Å². The van der Waals surface area contributed by atoms with Crippen molar-refractivity contribution in [3.63, 3.8) is 0 Å². The predicted octanol–water partition coefficient (Wildman–Crippen LogP) is 3.86. The van der Waals surface area contributed by atoms with Crippen LogP contribution in [0.2, 0.25) is 0 Å². The van der Waals surface area contributed by atoms with Crippen molar-refractivity contribution in [1.29, 1.82) is 0 Å². The Morgan fingerprint density at radius 3 is 2.53 bits per heavy atom. The first-order chi connectivity index (χ1) is 14.3. The zero-order valence-electron chi connectivity index (χ0n) is 17.4. The third-order valence-corrected chi connectivity index (χ3v) is 5.63. The number of aryl methyl sites for hydroxylation is 1. The number of ketones is 1. The first kappa shape index (κ1) is 21.7. The summed E-state index contributed by atoms with van der Waals surface area (Å²) in [7, 11) is 0. The summed E-state index contributed by atoms with van der Waals surface area (Å²) in [6.45, 7) is 8.20. The molecular formula is C22H24N2O5S. The fourth-order valence-corrected chi connectivity index (χ4v) is 3.96. The van der Waals surface area contributed by atoms with E-state index in [2.05, 4.69) is 4.98 Å². The number of thiophene rings is 1. The smallest absolute Gasteiger partial charge is 0.348 e. The van der Waals surface area contributed by atoms with Gasteiger partial charge in [-0.25, -0.2) is 9.78 Å². The largest absolute Gasteiger partial charge is 0.494 e. The molecule has 0 spiro atoms. The Kier molecular flexibility index (Phi) is 6.66. The summed E-state index contributed by atoms with van der Waals surface area (Å²) >= 11 is 1.13. The molecule has 0 aliphatic rings. The highest BCUT2D eigenvalue weighted by Gasteiger charge is 2.21. The van der Waals surface area contributed by atoms with Crippen LogP contribution in [0, 0.1) is 12.8 Å². The summed E-state index contributed by atoms with van der Waals surface area (Å²) < 4.78 is 11.9. The number of esters is 1. The van der Waals surface area contributed by atoms with Gasteiger partial charge in [0.1, 0.15) is 15.5 Å². The van der Waals surface area contributed by atoms with Gasteiger partial charge < -0.3 is 9.47 Å². The Balaban J connectivity index is 1.86. The van der Waals surface area contributed by atoms with E-state index >= 15 is 0 Å². The van der Waals surface area contributed by atoms with E-state index in [1.807, 2.05) is 20.8 Å². The molecule has 0 aliphatic heterocycles. The summed E-state index contributed by atoms with van der Waals surface area (Å²) in [6, 6.07) is 6.78. The van der Waals surface area contributed by atoms with Gasteiger partial charge in [0.05, 0.1) is 31.5 Å². The summed E-state index contributed by atoms with van der Waals surface area (Å²) in [6.07, 6.45) is 1.34. The van der Waals surface area contributed by atoms with Gasteiger partial charge in [-0.05, 0) is 49.6 Å². The van der Waals surface area contributed by atoms with Crippen LogP contribution in [0.5, 0.6) is 5.75 Å². The van der Waals surface area contributed by atoms with Gasteiger partial charge in [-0.3, -0.25) is 14.2 Å². The molecule has 0 fully saturated rings. The second-order valence-corrected chi connectivity index (χ2v) is 8.29. The van der Waals surface area contributed by atoms with Crippen LogP contribution in [-0.4, -0.2) is 34.5 Å². The number of aromatic nitrogens is 2. The zero-order chi connectivity index (χ0) is 21.8. The highest BCUT2D eigenvalue weighted by atomic mass is 32.1. The summed E-state index contributed by atoms with van der Waals surface area (Å²) in [4.78, 5) is 43.1. The van der Waals surface area contributed by atoms with Crippen molar-refractivity contribution in [3.8, 4) is 5.75 Å². The Labute approximate surface area is 178 Å². The van der Waals surface area contributed by atoms with E-state index < -0.39 is 5.97 Å². The fourth-order valence-electron chi connectivity index (χ4n) is 2.92. The quantitative estimate of drug-likeness (QED) is 0.400. The lowest BCUT2D eigenvalue weighted by Gasteiger charge is -2.07. The molecule has 0 saturated heterocycles. The number of carbonyl (C=O) groups is 2. The molecule has 0 atom stereocenters. The molecule has 0 aliphatic carbocycles. The molecule has 0 unspecified atom stereocenters. The predicted molar refractivity (Wildman–Crippen MR) is 116 cm³/mol. The van der Waals surface area contributed by atoms with Crippen molar-refractivity contribution < 1.29 is 19.1 Å². The van der Waals surface area contributed by atoms with E-state index in [0.717, 1.165) is 11.3 Å². The topological polar surface area (TPSA) is 87.5 Å². The molecule has 8 heteroatoms. The average molecular weight is 429 g/mol. The molecule has 158 valence electrons. The number of hydrogen-bond donors (Lipinski definition) is 0. The highest BCUT2D eigenvalue weighted by molar-refractivity contribution is 7.20. The molecule has 3 aromatic rings. The minimum Gasteiger partial charge on any atom is -0.494 e. The van der Waals surface area contributed by atoms with Gasteiger partial charge in [0.15, 0.2) is 5.78 Å². The Morgan fingerprint density at radius 1 is 1.20 bits per heavy atom. The lowest BCUT2D eigenvalue weighted by atomic mass is 10.1. The van der Waals surface area contributed by atoms with E-state index in [1.54, 1.807) is 31.2 Å². The van der Waals surface area contributed by atoms with Crippen LogP contribution in [0.15, 0.2) is 35.4 Å². The van der Waals surface area contributed by atoms with Gasteiger partial charge in [0.2, 0.25) is 0 Å². The third-order valence-electron chi connectivity index (χ3n) is 4.45. The third kappa shape index (κ3) is 4.59. The fraction of sp³-hybridized carbons (Fsp3) is 0.364. The average Bonchev–Trinajstić information content (AvgIpc) is 3.06. The summed E-state index contributed by atoms with van der Waals surface area (Å²) in [5, 5.41) is 0.346. The maximum Gasteiger partial charge on any atom is 0.348 e. The Morgan fingerprint density at radius 2 is 1.90 bits per heavy atom. The lowest BCUT2D eigenvalue weighted by Crippen LogP contribution is -2.24. The number of hydrogen-bond acceptors (Lipinski definition) is 7. The number of fused-ring (bicyclic) bond motifs is 1. The number of nitrogens with zero attached hydrogens (tertiary/aromatic N) is 2. The van der Waals surface area contributed by atoms with E-state index in [0.29, 0.717) is 45.2 Å². The first-order valence-corrected chi connectivity index (χ1v) is 10.5. The molecule has 2 aromatic heterocycles. The highest BCUT2D eigenvalue weighted by Crippen LogP contribution is 2.27. The van der Waals surface area contributed by atoms with Crippen molar-refractivity contribution in [3.05, 3.63) is 57.0 Å². The molecule has 0 bridgehead atoms. The maximum absolute atomic E-state index is 13.0. The van der Waals surface area contributed by atoms with Gasteiger partial charge >= 0.3 is 5.97 Å². The van der Waals surface area contributed by atoms with Crippen molar-refractivity contribution in [2.75, 3.05) is 13.2 Å². The number of carbonyl (C=O) groups excluding carboxylic acids is 2. The van der Waals surface area contributed by atoms with Crippen LogP contribution in [0.3, 0.4) is 0 Å². The summed E-state index contributed by atoms with van der Waals surface area (Å²) in [5.74, 6) is 0.221. The number of Topliss-reactive ketones (excluding diaryl/α,β-unsaturated/α-hetero) is 1. The van der Waals surface area contributed by atoms with Crippen molar-refractivity contribution in [1.82, 2.24) is 9.55 Å². The van der Waals surface area contributed by atoms with Gasteiger partial charge in [0.25, 0.3) is 5.56 Å².